The van der Waals surface area contributed by atoms with Crippen LogP contribution in [0.2, 0.25) is 0 Å². The first kappa shape index (κ1) is 9.08. The van der Waals surface area contributed by atoms with Crippen LogP contribution in [-0.2, 0) is 6.42 Å². The number of aromatic nitrogens is 3. The third-order valence-corrected chi connectivity index (χ3v) is 2.49. The van der Waals surface area contributed by atoms with E-state index >= 15 is 0 Å². The van der Waals surface area contributed by atoms with Crippen LogP contribution in [0.5, 0.6) is 0 Å². The fourth-order valence-electron chi connectivity index (χ4n) is 1.22. The van der Waals surface area contributed by atoms with Crippen LogP contribution in [0, 0.1) is 0 Å². The monoisotopic (exact) mass is 207 g/mol. The fraction of sp³-hybridized carbons (Fsp3) is 0.222. The molecule has 2 rings (SSSR count). The molecule has 0 saturated heterocycles. The first-order chi connectivity index (χ1) is 6.83. The van der Waals surface area contributed by atoms with Crippen molar-refractivity contribution in [1.29, 1.82) is 0 Å². The molecule has 2 heterocycles. The number of nitrogens with zero attached hydrogens (tertiary/aromatic N) is 3. The van der Waals surface area contributed by atoms with Crippen LogP contribution in [0.1, 0.15) is 23.2 Å². The largest absolute Gasteiger partial charge is 0.282 e. The number of hydrogen-bond acceptors (Lipinski definition) is 4. The first-order valence-corrected chi connectivity index (χ1v) is 5.22. The minimum Gasteiger partial charge on any atom is -0.268 e. The van der Waals surface area contributed by atoms with E-state index in [4.69, 9.17) is 0 Å². The predicted molar refractivity (Wildman–Crippen MR) is 53.4 cm³/mol. The van der Waals surface area contributed by atoms with Crippen LogP contribution >= 0.6 is 11.3 Å². The van der Waals surface area contributed by atoms with Gasteiger partial charge in [-0.25, -0.2) is 9.97 Å². The van der Waals surface area contributed by atoms with Gasteiger partial charge >= 0.3 is 0 Å². The molecule has 2 aromatic heterocycles. The van der Waals surface area contributed by atoms with E-state index in [1.54, 1.807) is 23.3 Å². The van der Waals surface area contributed by atoms with Crippen molar-refractivity contribution < 1.29 is 4.79 Å². The van der Waals surface area contributed by atoms with Crippen molar-refractivity contribution in [3.63, 3.8) is 0 Å². The van der Waals surface area contributed by atoms with Crippen LogP contribution in [0.3, 0.4) is 0 Å². The third kappa shape index (κ3) is 1.46. The zero-order chi connectivity index (χ0) is 9.97. The van der Waals surface area contributed by atoms with Gasteiger partial charge in [-0.15, -0.1) is 11.3 Å². The molecule has 0 radical (unpaired) electrons. The minimum absolute atomic E-state index is 0.111. The fourth-order valence-corrected chi connectivity index (χ4v) is 1.75. The molecule has 4 nitrogen and oxygen atoms in total. The van der Waals surface area contributed by atoms with Crippen molar-refractivity contribution in [3.05, 3.63) is 34.8 Å². The average Bonchev–Trinajstić information content (AvgIpc) is 2.87. The lowest BCUT2D eigenvalue weighted by atomic mass is 10.4. The Bertz CT molecular complexity index is 433. The summed E-state index contributed by atoms with van der Waals surface area (Å²) in [5, 5.41) is 1.74. The Morgan fingerprint density at radius 3 is 3.07 bits per heavy atom. The molecule has 0 spiro atoms. The Morgan fingerprint density at radius 1 is 1.57 bits per heavy atom. The van der Waals surface area contributed by atoms with Crippen molar-refractivity contribution in [2.75, 3.05) is 0 Å². The zero-order valence-electron chi connectivity index (χ0n) is 7.67. The topological polar surface area (TPSA) is 47.8 Å². The molecular formula is C9H9N3OS. The van der Waals surface area contributed by atoms with Gasteiger partial charge in [0.25, 0.3) is 5.91 Å². The van der Waals surface area contributed by atoms with E-state index < -0.39 is 0 Å². The van der Waals surface area contributed by atoms with E-state index in [1.165, 1.54) is 15.9 Å². The molecule has 0 aliphatic heterocycles. The normalized spacial score (nSPS) is 10.4. The third-order valence-electron chi connectivity index (χ3n) is 1.90. The highest BCUT2D eigenvalue weighted by Crippen LogP contribution is 2.06. The predicted octanol–water partition coefficient (Wildman–Crippen LogP) is 1.59. The lowest BCUT2D eigenvalue weighted by Gasteiger charge is -2.01. The summed E-state index contributed by atoms with van der Waals surface area (Å²) < 4.78 is 1.54. The summed E-state index contributed by atoms with van der Waals surface area (Å²) >= 11 is 1.41. The van der Waals surface area contributed by atoms with Crippen molar-refractivity contribution in [2.24, 2.45) is 0 Å². The summed E-state index contributed by atoms with van der Waals surface area (Å²) in [6, 6.07) is 0. The van der Waals surface area contributed by atoms with Gasteiger partial charge in [0.15, 0.2) is 0 Å². The Kier molecular flexibility index (Phi) is 2.41. The summed E-state index contributed by atoms with van der Waals surface area (Å²) in [6.07, 6.45) is 4.03. The number of imidazole rings is 1. The number of carbonyl (C=O) groups is 1. The second-order valence-electron chi connectivity index (χ2n) is 2.75. The molecule has 0 saturated carbocycles. The second-order valence-corrected chi connectivity index (χ2v) is 3.46. The molecule has 0 aliphatic rings. The highest BCUT2D eigenvalue weighted by molar-refractivity contribution is 7.07. The van der Waals surface area contributed by atoms with E-state index in [0.29, 0.717) is 5.69 Å². The van der Waals surface area contributed by atoms with Crippen molar-refractivity contribution in [3.8, 4) is 0 Å². The molecule has 0 bridgehead atoms. The van der Waals surface area contributed by atoms with E-state index in [9.17, 15) is 4.79 Å². The maximum atomic E-state index is 11.8. The second kappa shape index (κ2) is 3.71. The van der Waals surface area contributed by atoms with E-state index in [1.807, 2.05) is 6.92 Å². The summed E-state index contributed by atoms with van der Waals surface area (Å²) in [7, 11) is 0. The number of hydrogen-bond donors (Lipinski definition) is 0. The Hall–Kier alpha value is -1.49. The van der Waals surface area contributed by atoms with Crippen LogP contribution < -0.4 is 0 Å². The number of carbonyl (C=O) groups excluding carboxylic acids is 1. The summed E-state index contributed by atoms with van der Waals surface area (Å²) in [5.41, 5.74) is 2.12. The number of aryl methyl sites for hydroxylation is 1. The van der Waals surface area contributed by atoms with Crippen LogP contribution in [0.15, 0.2) is 23.3 Å². The maximum Gasteiger partial charge on any atom is 0.282 e. The van der Waals surface area contributed by atoms with E-state index in [2.05, 4.69) is 9.97 Å². The summed E-state index contributed by atoms with van der Waals surface area (Å²) in [5.74, 6) is 0.656. The highest BCUT2D eigenvalue weighted by Gasteiger charge is 2.12. The summed E-state index contributed by atoms with van der Waals surface area (Å²) in [4.78, 5) is 19.9. The molecule has 14 heavy (non-hydrogen) atoms. The van der Waals surface area contributed by atoms with Crippen LogP contribution in [0.4, 0.5) is 0 Å². The average molecular weight is 207 g/mol. The van der Waals surface area contributed by atoms with Gasteiger partial charge in [0, 0.05) is 24.2 Å². The van der Waals surface area contributed by atoms with E-state index in [0.717, 1.165) is 12.2 Å². The number of thiazole rings is 1. The SMILES string of the molecule is CCc1nccn1C(=O)c1cscn1. The quantitative estimate of drug-likeness (QED) is 0.751. The lowest BCUT2D eigenvalue weighted by molar-refractivity contribution is 0.0952. The number of rotatable bonds is 2. The van der Waals surface area contributed by atoms with Crippen LogP contribution in [0.25, 0.3) is 0 Å². The molecule has 5 heteroatoms. The van der Waals surface area contributed by atoms with Crippen molar-refractivity contribution in [2.45, 2.75) is 13.3 Å². The Balaban J connectivity index is 2.36. The molecule has 0 fully saturated rings. The molecule has 72 valence electrons. The lowest BCUT2D eigenvalue weighted by Crippen LogP contribution is -2.14. The maximum absolute atomic E-state index is 11.8. The molecular weight excluding hydrogens is 198 g/mol. The molecule has 0 unspecified atom stereocenters. The minimum atomic E-state index is -0.111. The van der Waals surface area contributed by atoms with Crippen molar-refractivity contribution in [1.82, 2.24) is 14.5 Å². The first-order valence-electron chi connectivity index (χ1n) is 4.28. The van der Waals surface area contributed by atoms with Crippen molar-refractivity contribution >= 4 is 17.2 Å². The molecule has 0 aromatic carbocycles. The van der Waals surface area contributed by atoms with Crippen LogP contribution in [-0.4, -0.2) is 20.4 Å². The van der Waals surface area contributed by atoms with Gasteiger partial charge in [-0.3, -0.25) is 9.36 Å². The molecule has 0 amide bonds. The van der Waals surface area contributed by atoms with Gasteiger partial charge in [0.1, 0.15) is 11.5 Å². The standard InChI is InChI=1S/C9H9N3OS/c1-2-8-10-3-4-12(8)9(13)7-5-14-6-11-7/h3-6H,2H2,1H3. The molecule has 2 aromatic rings. The van der Waals surface area contributed by atoms with Gasteiger partial charge in [-0.1, -0.05) is 6.92 Å². The smallest absolute Gasteiger partial charge is 0.268 e. The Labute approximate surface area is 85.2 Å². The van der Waals surface area contributed by atoms with Gasteiger partial charge in [0.2, 0.25) is 0 Å². The van der Waals surface area contributed by atoms with Gasteiger partial charge in [0.05, 0.1) is 5.51 Å². The Morgan fingerprint density at radius 2 is 2.43 bits per heavy atom. The van der Waals surface area contributed by atoms with Gasteiger partial charge in [-0.2, -0.15) is 0 Å². The molecule has 0 atom stereocenters. The van der Waals surface area contributed by atoms with Gasteiger partial charge < -0.3 is 0 Å². The van der Waals surface area contributed by atoms with E-state index in [-0.39, 0.29) is 5.91 Å². The molecule has 0 aliphatic carbocycles. The zero-order valence-corrected chi connectivity index (χ0v) is 8.49. The summed E-state index contributed by atoms with van der Waals surface area (Å²) in [6.45, 7) is 1.97. The highest BCUT2D eigenvalue weighted by atomic mass is 32.1. The molecule has 0 N–H and O–H groups in total. The van der Waals surface area contributed by atoms with Gasteiger partial charge in [-0.05, 0) is 0 Å².